The number of hydrogen-bond acceptors (Lipinski definition) is 4. The van der Waals surface area contributed by atoms with Gasteiger partial charge in [0.15, 0.2) is 5.82 Å². The molecule has 0 radical (unpaired) electrons. The van der Waals surface area contributed by atoms with Crippen LogP contribution in [0.1, 0.15) is 6.42 Å². The Hall–Kier alpha value is -2.05. The first-order valence-corrected chi connectivity index (χ1v) is 6.72. The molecule has 1 aliphatic rings. The first kappa shape index (κ1) is 13.9. The van der Waals surface area contributed by atoms with Crippen molar-refractivity contribution in [3.05, 3.63) is 41.6 Å². The first-order valence-electron chi connectivity index (χ1n) is 6.34. The van der Waals surface area contributed by atoms with Gasteiger partial charge in [0.05, 0.1) is 6.20 Å². The van der Waals surface area contributed by atoms with Gasteiger partial charge in [0, 0.05) is 24.2 Å². The van der Waals surface area contributed by atoms with Crippen LogP contribution in [0.25, 0.3) is 11.3 Å². The van der Waals surface area contributed by atoms with E-state index in [0.717, 1.165) is 6.20 Å². The van der Waals surface area contributed by atoms with Crippen LogP contribution < -0.4 is 4.90 Å². The number of rotatable bonds is 2. The summed E-state index contributed by atoms with van der Waals surface area (Å²) in [7, 11) is 0. The van der Waals surface area contributed by atoms with Gasteiger partial charge in [-0.25, -0.2) is 14.4 Å². The first-order chi connectivity index (χ1) is 10.1. The second-order valence-corrected chi connectivity index (χ2v) is 5.02. The number of aliphatic hydroxyl groups is 1. The van der Waals surface area contributed by atoms with Crippen LogP contribution in [-0.4, -0.2) is 33.6 Å². The van der Waals surface area contributed by atoms with Gasteiger partial charge in [-0.1, -0.05) is 12.1 Å². The number of benzene rings is 1. The van der Waals surface area contributed by atoms with Crippen molar-refractivity contribution >= 4 is 23.2 Å². The molecule has 0 saturated carbocycles. The highest BCUT2D eigenvalue weighted by atomic mass is 35.5. The summed E-state index contributed by atoms with van der Waals surface area (Å²) in [5, 5.41) is 9.46. The third-order valence-corrected chi connectivity index (χ3v) is 3.51. The molecule has 108 valence electrons. The van der Waals surface area contributed by atoms with Crippen LogP contribution in [0.2, 0.25) is 5.28 Å². The van der Waals surface area contributed by atoms with E-state index < -0.39 is 11.9 Å². The SMILES string of the molecule is O=C1[C@@H](O)CCN1c1cccc(-c2nc(Cl)ncc2F)c1. The van der Waals surface area contributed by atoms with Crippen LogP contribution in [0, 0.1) is 5.82 Å². The number of hydrogen-bond donors (Lipinski definition) is 1. The van der Waals surface area contributed by atoms with Crippen LogP contribution in [0.3, 0.4) is 0 Å². The lowest BCUT2D eigenvalue weighted by Gasteiger charge is -2.16. The number of amides is 1. The number of nitrogens with zero attached hydrogens (tertiary/aromatic N) is 3. The van der Waals surface area contributed by atoms with Gasteiger partial charge in [-0.3, -0.25) is 4.79 Å². The van der Waals surface area contributed by atoms with Crippen LogP contribution in [0.15, 0.2) is 30.5 Å². The van der Waals surface area contributed by atoms with Crippen molar-refractivity contribution in [3.63, 3.8) is 0 Å². The van der Waals surface area contributed by atoms with Gasteiger partial charge in [0.2, 0.25) is 5.28 Å². The lowest BCUT2D eigenvalue weighted by atomic mass is 10.1. The van der Waals surface area contributed by atoms with Crippen molar-refractivity contribution < 1.29 is 14.3 Å². The minimum atomic E-state index is -0.973. The van der Waals surface area contributed by atoms with E-state index >= 15 is 0 Å². The van der Waals surface area contributed by atoms with Crippen molar-refractivity contribution in [2.75, 3.05) is 11.4 Å². The zero-order valence-electron chi connectivity index (χ0n) is 10.8. The molecule has 0 bridgehead atoms. The van der Waals surface area contributed by atoms with Crippen LogP contribution in [0.5, 0.6) is 0 Å². The Balaban J connectivity index is 2.01. The Morgan fingerprint density at radius 2 is 2.24 bits per heavy atom. The molecule has 1 fully saturated rings. The molecule has 7 heteroatoms. The van der Waals surface area contributed by atoms with E-state index in [2.05, 4.69) is 9.97 Å². The molecule has 1 saturated heterocycles. The van der Waals surface area contributed by atoms with Gasteiger partial charge in [0.1, 0.15) is 11.8 Å². The Morgan fingerprint density at radius 3 is 2.95 bits per heavy atom. The molecule has 3 rings (SSSR count). The van der Waals surface area contributed by atoms with Gasteiger partial charge < -0.3 is 10.0 Å². The van der Waals surface area contributed by atoms with E-state index in [1.165, 1.54) is 4.90 Å². The maximum atomic E-state index is 13.8. The molecule has 1 aromatic heterocycles. The van der Waals surface area contributed by atoms with Crippen LogP contribution in [0.4, 0.5) is 10.1 Å². The molecule has 2 heterocycles. The highest BCUT2D eigenvalue weighted by Gasteiger charge is 2.30. The summed E-state index contributed by atoms with van der Waals surface area (Å²) >= 11 is 5.69. The summed E-state index contributed by atoms with van der Waals surface area (Å²) < 4.78 is 13.8. The molecule has 0 unspecified atom stereocenters. The summed E-state index contributed by atoms with van der Waals surface area (Å²) in [6.45, 7) is 0.427. The summed E-state index contributed by atoms with van der Waals surface area (Å²) in [4.78, 5) is 20.7. The topological polar surface area (TPSA) is 66.3 Å². The van der Waals surface area contributed by atoms with Gasteiger partial charge >= 0.3 is 0 Å². The zero-order valence-corrected chi connectivity index (χ0v) is 11.6. The number of halogens is 2. The molecular formula is C14H11ClFN3O2. The second-order valence-electron chi connectivity index (χ2n) is 4.68. The lowest BCUT2D eigenvalue weighted by Crippen LogP contribution is -2.29. The van der Waals surface area contributed by atoms with E-state index in [1.54, 1.807) is 24.3 Å². The van der Waals surface area contributed by atoms with Gasteiger partial charge in [0.25, 0.3) is 5.91 Å². The minimum absolute atomic E-state index is 0.0514. The van der Waals surface area contributed by atoms with Crippen molar-refractivity contribution in [3.8, 4) is 11.3 Å². The number of anilines is 1. The third-order valence-electron chi connectivity index (χ3n) is 3.32. The highest BCUT2D eigenvalue weighted by molar-refractivity contribution is 6.28. The zero-order chi connectivity index (χ0) is 15.0. The molecule has 1 N–H and O–H groups in total. The molecule has 2 aromatic rings. The number of carbonyl (C=O) groups is 1. The van der Waals surface area contributed by atoms with Crippen molar-refractivity contribution in [1.82, 2.24) is 9.97 Å². The van der Waals surface area contributed by atoms with Crippen molar-refractivity contribution in [2.45, 2.75) is 12.5 Å². The van der Waals surface area contributed by atoms with E-state index in [0.29, 0.717) is 24.2 Å². The highest BCUT2D eigenvalue weighted by Crippen LogP contribution is 2.28. The number of aromatic nitrogens is 2. The minimum Gasteiger partial charge on any atom is -0.383 e. The molecule has 1 atom stereocenters. The predicted molar refractivity (Wildman–Crippen MR) is 75.4 cm³/mol. The fourth-order valence-corrected chi connectivity index (χ4v) is 2.42. The molecule has 5 nitrogen and oxygen atoms in total. The monoisotopic (exact) mass is 307 g/mol. The molecule has 0 aliphatic carbocycles. The van der Waals surface area contributed by atoms with Gasteiger partial charge in [-0.05, 0) is 23.7 Å². The largest absolute Gasteiger partial charge is 0.383 e. The summed E-state index contributed by atoms with van der Waals surface area (Å²) in [5.41, 5.74) is 1.15. The average Bonchev–Trinajstić information content (AvgIpc) is 2.82. The van der Waals surface area contributed by atoms with E-state index in [9.17, 15) is 14.3 Å². The maximum Gasteiger partial charge on any atom is 0.255 e. The van der Waals surface area contributed by atoms with Crippen molar-refractivity contribution in [1.29, 1.82) is 0 Å². The fourth-order valence-electron chi connectivity index (χ4n) is 2.29. The molecule has 1 aromatic carbocycles. The van der Waals surface area contributed by atoms with Gasteiger partial charge in [-0.2, -0.15) is 0 Å². The summed E-state index contributed by atoms with van der Waals surface area (Å²) in [5.74, 6) is -0.947. The maximum absolute atomic E-state index is 13.8. The van der Waals surface area contributed by atoms with Crippen LogP contribution in [-0.2, 0) is 4.79 Å². The standard InChI is InChI=1S/C14H11ClFN3O2/c15-14-17-7-10(16)12(18-14)8-2-1-3-9(6-8)19-5-4-11(20)13(19)21/h1-3,6-7,11,20H,4-5H2/t11-/m0/s1. The normalized spacial score (nSPS) is 18.3. The van der Waals surface area contributed by atoms with E-state index in [1.807, 2.05) is 0 Å². The Morgan fingerprint density at radius 1 is 1.43 bits per heavy atom. The lowest BCUT2D eigenvalue weighted by molar-refractivity contribution is -0.123. The predicted octanol–water partition coefficient (Wildman–Crippen LogP) is 2.03. The summed E-state index contributed by atoms with van der Waals surface area (Å²) in [6.07, 6.45) is 0.415. The molecule has 1 amide bonds. The second kappa shape index (κ2) is 5.38. The Labute approximate surface area is 125 Å². The molecular weight excluding hydrogens is 297 g/mol. The average molecular weight is 308 g/mol. The Kier molecular flexibility index (Phi) is 3.57. The van der Waals surface area contributed by atoms with Crippen molar-refractivity contribution in [2.24, 2.45) is 0 Å². The van der Waals surface area contributed by atoms with Gasteiger partial charge in [-0.15, -0.1) is 0 Å². The molecule has 1 aliphatic heterocycles. The van der Waals surface area contributed by atoms with Crippen LogP contribution >= 0.6 is 11.6 Å². The molecule has 0 spiro atoms. The van der Waals surface area contributed by atoms with E-state index in [-0.39, 0.29) is 16.9 Å². The Bertz CT molecular complexity index is 710. The number of carbonyl (C=O) groups excluding carboxylic acids is 1. The third kappa shape index (κ3) is 2.59. The number of aliphatic hydroxyl groups excluding tert-OH is 1. The summed E-state index contributed by atoms with van der Waals surface area (Å²) in [6, 6.07) is 6.72. The smallest absolute Gasteiger partial charge is 0.255 e. The fraction of sp³-hybridized carbons (Fsp3) is 0.214. The quantitative estimate of drug-likeness (QED) is 0.862. The van der Waals surface area contributed by atoms with E-state index in [4.69, 9.17) is 11.6 Å². The molecule has 21 heavy (non-hydrogen) atoms.